The van der Waals surface area contributed by atoms with Crippen LogP contribution in [0.15, 0.2) is 17.1 Å². The van der Waals surface area contributed by atoms with Crippen LogP contribution < -0.4 is 20.4 Å². The third kappa shape index (κ3) is 2.75. The van der Waals surface area contributed by atoms with Gasteiger partial charge in [-0.15, -0.1) is 0 Å². The Balaban J connectivity index is 1.72. The number of aromatic nitrogens is 1. The van der Waals surface area contributed by atoms with E-state index in [1.165, 1.54) is 13.3 Å². The molecule has 5 rings (SSSR count). The molecule has 8 nitrogen and oxygen atoms in total. The topological polar surface area (TPSA) is 101 Å². The Morgan fingerprint density at radius 1 is 1.27 bits per heavy atom. The second-order valence-corrected chi connectivity index (χ2v) is 8.30. The number of hydrogen-bond acceptors (Lipinski definition) is 5. The Morgan fingerprint density at radius 3 is 2.67 bits per heavy atom. The highest BCUT2D eigenvalue weighted by molar-refractivity contribution is 5.97. The molecular weight excluding hydrogens is 393 g/mol. The fraction of sp³-hybridized carbons (Fsp3) is 0.476. The van der Waals surface area contributed by atoms with E-state index in [0.29, 0.717) is 25.2 Å². The van der Waals surface area contributed by atoms with Crippen LogP contribution in [0.5, 0.6) is 5.75 Å². The van der Waals surface area contributed by atoms with Gasteiger partial charge in [0.15, 0.2) is 11.6 Å². The first-order valence-corrected chi connectivity index (χ1v) is 10.1. The van der Waals surface area contributed by atoms with Crippen LogP contribution in [0.25, 0.3) is 10.9 Å². The molecule has 2 unspecified atom stereocenters. The quantitative estimate of drug-likeness (QED) is 0.789. The number of anilines is 1. The summed E-state index contributed by atoms with van der Waals surface area (Å²) in [5.74, 6) is -1.87. The third-order valence-corrected chi connectivity index (χ3v) is 6.48. The number of hydrogen-bond donors (Lipinski definition) is 2. The molecule has 30 heavy (non-hydrogen) atoms. The molecule has 3 fully saturated rings. The van der Waals surface area contributed by atoms with Gasteiger partial charge in [-0.3, -0.25) is 9.59 Å². The summed E-state index contributed by atoms with van der Waals surface area (Å²) in [5.41, 5.74) is -0.477. The molecule has 2 atom stereocenters. The van der Waals surface area contributed by atoms with Crippen LogP contribution in [0.3, 0.4) is 0 Å². The zero-order valence-electron chi connectivity index (χ0n) is 16.5. The number of ether oxygens (including phenoxy) is 1. The van der Waals surface area contributed by atoms with E-state index in [-0.39, 0.29) is 46.2 Å². The maximum absolute atomic E-state index is 15.3. The molecule has 1 aromatic heterocycles. The fourth-order valence-electron chi connectivity index (χ4n) is 4.88. The number of aromatic carboxylic acids is 1. The maximum atomic E-state index is 15.3. The molecule has 1 aromatic carbocycles. The minimum Gasteiger partial charge on any atom is -0.492 e. The van der Waals surface area contributed by atoms with Gasteiger partial charge in [0.1, 0.15) is 11.3 Å². The van der Waals surface area contributed by atoms with Crippen molar-refractivity contribution in [2.24, 2.45) is 11.8 Å². The zero-order valence-corrected chi connectivity index (χ0v) is 16.5. The van der Waals surface area contributed by atoms with Crippen LogP contribution in [0, 0.1) is 17.7 Å². The second-order valence-electron chi connectivity index (χ2n) is 8.30. The van der Waals surface area contributed by atoms with Gasteiger partial charge in [-0.2, -0.15) is 0 Å². The van der Waals surface area contributed by atoms with Crippen LogP contribution in [0.4, 0.5) is 10.1 Å². The van der Waals surface area contributed by atoms with Crippen molar-refractivity contribution in [2.45, 2.75) is 25.3 Å². The van der Waals surface area contributed by atoms with Gasteiger partial charge < -0.3 is 24.6 Å². The normalized spacial score (nSPS) is 23.4. The van der Waals surface area contributed by atoms with Crippen LogP contribution in [-0.2, 0) is 4.79 Å². The maximum Gasteiger partial charge on any atom is 0.341 e. The number of rotatable bonds is 4. The molecule has 3 heterocycles. The van der Waals surface area contributed by atoms with E-state index in [0.717, 1.165) is 25.3 Å². The van der Waals surface area contributed by atoms with E-state index in [1.54, 1.807) is 4.57 Å². The summed E-state index contributed by atoms with van der Waals surface area (Å²) in [6.45, 7) is 1.51. The standard InChI is InChI=1S/C21H22FN3O5/c1-30-19-16-12(18(26)14(21(28)29)9-25(16)11-2-3-11)6-15(22)17(19)24-7-10-4-5-23-20(27)13(10)8-24/h6,9-11,13H,2-5,7-8H2,1H3,(H,23,27)(H,28,29). The van der Waals surface area contributed by atoms with Gasteiger partial charge in [0, 0.05) is 31.9 Å². The Bertz CT molecular complexity index is 1140. The average molecular weight is 415 g/mol. The molecule has 0 spiro atoms. The van der Waals surface area contributed by atoms with Crippen LogP contribution in [-0.4, -0.2) is 48.3 Å². The number of piperidine rings is 1. The molecule has 2 aliphatic heterocycles. The Hall–Kier alpha value is -3.10. The summed E-state index contributed by atoms with van der Waals surface area (Å²) in [5, 5.41) is 12.3. The number of nitrogens with zero attached hydrogens (tertiary/aromatic N) is 2. The lowest BCUT2D eigenvalue weighted by Crippen LogP contribution is -2.41. The largest absolute Gasteiger partial charge is 0.492 e. The monoisotopic (exact) mass is 415 g/mol. The van der Waals surface area contributed by atoms with Crippen molar-refractivity contribution in [3.8, 4) is 5.75 Å². The van der Waals surface area contributed by atoms with E-state index >= 15 is 4.39 Å². The first-order chi connectivity index (χ1) is 14.4. The number of carbonyl (C=O) groups is 2. The van der Waals surface area contributed by atoms with Gasteiger partial charge in [0.25, 0.3) is 0 Å². The van der Waals surface area contributed by atoms with Crippen molar-refractivity contribution >= 4 is 28.5 Å². The number of pyridine rings is 1. The van der Waals surface area contributed by atoms with Gasteiger partial charge in [-0.1, -0.05) is 0 Å². The number of carbonyl (C=O) groups excluding carboxylic acids is 1. The number of carboxylic acid groups (broad SMARTS) is 1. The number of amides is 1. The molecule has 2 aromatic rings. The predicted molar refractivity (Wildman–Crippen MR) is 107 cm³/mol. The van der Waals surface area contributed by atoms with Crippen molar-refractivity contribution in [3.05, 3.63) is 33.9 Å². The first-order valence-electron chi connectivity index (χ1n) is 10.1. The SMILES string of the molecule is COc1c(N2CC3CCNC(=O)C3C2)c(F)cc2c(=O)c(C(=O)O)cn(C3CC3)c12. The molecule has 1 aliphatic carbocycles. The average Bonchev–Trinajstić information content (AvgIpc) is 3.46. The van der Waals surface area contributed by atoms with Crippen LogP contribution in [0.1, 0.15) is 35.7 Å². The molecule has 158 valence electrons. The molecule has 1 saturated carbocycles. The summed E-state index contributed by atoms with van der Waals surface area (Å²) in [6, 6.07) is 1.16. The summed E-state index contributed by atoms with van der Waals surface area (Å²) < 4.78 is 22.7. The molecule has 9 heteroatoms. The van der Waals surface area contributed by atoms with Gasteiger partial charge in [0.05, 0.1) is 23.9 Å². The minimum absolute atomic E-state index is 0.00532. The van der Waals surface area contributed by atoms with Gasteiger partial charge >= 0.3 is 5.97 Å². The van der Waals surface area contributed by atoms with Crippen molar-refractivity contribution in [3.63, 3.8) is 0 Å². The number of methoxy groups -OCH3 is 1. The molecule has 3 aliphatic rings. The zero-order chi connectivity index (χ0) is 21.2. The number of halogens is 1. The van der Waals surface area contributed by atoms with E-state index in [1.807, 2.05) is 4.90 Å². The van der Waals surface area contributed by atoms with Crippen molar-refractivity contribution in [1.82, 2.24) is 9.88 Å². The van der Waals surface area contributed by atoms with Crippen molar-refractivity contribution < 1.29 is 23.8 Å². The molecule has 2 saturated heterocycles. The number of carboxylic acids is 1. The first kappa shape index (κ1) is 18.9. The summed E-state index contributed by atoms with van der Waals surface area (Å²) in [6.07, 6.45) is 3.87. The Kier molecular flexibility index (Phi) is 4.23. The van der Waals surface area contributed by atoms with Gasteiger partial charge in [-0.25, -0.2) is 9.18 Å². The van der Waals surface area contributed by atoms with E-state index in [2.05, 4.69) is 5.32 Å². The molecular formula is C21H22FN3O5. The fourth-order valence-corrected chi connectivity index (χ4v) is 4.88. The summed E-state index contributed by atoms with van der Waals surface area (Å²) in [4.78, 5) is 38.4. The molecule has 2 N–H and O–H groups in total. The Labute approximate surface area is 171 Å². The molecule has 0 radical (unpaired) electrons. The van der Waals surface area contributed by atoms with Crippen molar-refractivity contribution in [1.29, 1.82) is 0 Å². The lowest BCUT2D eigenvalue weighted by atomic mass is 9.89. The van der Waals surface area contributed by atoms with Crippen LogP contribution in [0.2, 0.25) is 0 Å². The second kappa shape index (κ2) is 6.72. The highest BCUT2D eigenvalue weighted by Gasteiger charge is 2.42. The van der Waals surface area contributed by atoms with Crippen molar-refractivity contribution in [2.75, 3.05) is 31.6 Å². The van der Waals surface area contributed by atoms with E-state index in [9.17, 15) is 19.5 Å². The number of benzene rings is 1. The highest BCUT2D eigenvalue weighted by Crippen LogP contribution is 2.45. The lowest BCUT2D eigenvalue weighted by Gasteiger charge is -2.24. The van der Waals surface area contributed by atoms with Crippen LogP contribution >= 0.6 is 0 Å². The highest BCUT2D eigenvalue weighted by atomic mass is 19.1. The predicted octanol–water partition coefficient (Wildman–Crippen LogP) is 1.75. The summed E-state index contributed by atoms with van der Waals surface area (Å²) in [7, 11) is 1.42. The minimum atomic E-state index is -1.34. The molecule has 0 bridgehead atoms. The van der Waals surface area contributed by atoms with Gasteiger partial charge in [-0.05, 0) is 31.2 Å². The smallest absolute Gasteiger partial charge is 0.341 e. The van der Waals surface area contributed by atoms with E-state index in [4.69, 9.17) is 4.74 Å². The lowest BCUT2D eigenvalue weighted by molar-refractivity contribution is -0.127. The molecule has 1 amide bonds. The van der Waals surface area contributed by atoms with E-state index < -0.39 is 17.2 Å². The number of nitrogens with one attached hydrogen (secondary N) is 1. The summed E-state index contributed by atoms with van der Waals surface area (Å²) >= 11 is 0. The van der Waals surface area contributed by atoms with Gasteiger partial charge in [0.2, 0.25) is 11.3 Å². The Morgan fingerprint density at radius 2 is 2.03 bits per heavy atom. The number of fused-ring (bicyclic) bond motifs is 2. The third-order valence-electron chi connectivity index (χ3n) is 6.48.